The molecule has 0 aromatic carbocycles. The second kappa shape index (κ2) is 6.02. The monoisotopic (exact) mass is 273 g/mol. The van der Waals surface area contributed by atoms with Gasteiger partial charge in [0, 0.05) is 25.3 Å². The van der Waals surface area contributed by atoms with Gasteiger partial charge in [0.2, 0.25) is 0 Å². The van der Waals surface area contributed by atoms with Crippen molar-refractivity contribution in [3.8, 4) is 0 Å². The summed E-state index contributed by atoms with van der Waals surface area (Å²) in [6.07, 6.45) is 8.60. The molecule has 2 aliphatic rings. The molecule has 0 amide bonds. The van der Waals surface area contributed by atoms with Crippen LogP contribution < -0.4 is 10.2 Å². The summed E-state index contributed by atoms with van der Waals surface area (Å²) < 4.78 is 0. The van der Waals surface area contributed by atoms with Crippen LogP contribution in [0.25, 0.3) is 0 Å². The van der Waals surface area contributed by atoms with Gasteiger partial charge in [-0.2, -0.15) is 0 Å². The van der Waals surface area contributed by atoms with E-state index in [1.807, 2.05) is 6.20 Å². The molecular formula is C17H27N3. The molecule has 2 heterocycles. The van der Waals surface area contributed by atoms with Gasteiger partial charge >= 0.3 is 0 Å². The van der Waals surface area contributed by atoms with Crippen molar-refractivity contribution in [1.82, 2.24) is 4.98 Å². The van der Waals surface area contributed by atoms with Crippen LogP contribution in [0.4, 0.5) is 11.5 Å². The molecule has 1 saturated carbocycles. The van der Waals surface area contributed by atoms with Crippen LogP contribution in [0.5, 0.6) is 0 Å². The summed E-state index contributed by atoms with van der Waals surface area (Å²) in [5.41, 5.74) is 1.24. The van der Waals surface area contributed by atoms with Crippen LogP contribution in [0.15, 0.2) is 18.3 Å². The second-order valence-corrected chi connectivity index (χ2v) is 6.62. The van der Waals surface area contributed by atoms with Gasteiger partial charge in [0.25, 0.3) is 0 Å². The maximum Gasteiger partial charge on any atom is 0.151 e. The Labute approximate surface area is 122 Å². The number of rotatable bonds is 3. The van der Waals surface area contributed by atoms with Crippen molar-refractivity contribution in [3.05, 3.63) is 18.3 Å². The fourth-order valence-corrected chi connectivity index (χ4v) is 3.84. The normalized spacial score (nSPS) is 30.5. The molecule has 3 nitrogen and oxygen atoms in total. The number of hydrogen-bond donors (Lipinski definition) is 1. The van der Waals surface area contributed by atoms with Crippen LogP contribution >= 0.6 is 0 Å². The average molecular weight is 273 g/mol. The van der Waals surface area contributed by atoms with E-state index < -0.39 is 0 Å². The minimum atomic E-state index is 0.592. The van der Waals surface area contributed by atoms with E-state index in [2.05, 4.69) is 41.2 Å². The van der Waals surface area contributed by atoms with Gasteiger partial charge in [0.1, 0.15) is 0 Å². The Kier molecular flexibility index (Phi) is 4.13. The minimum Gasteiger partial charge on any atom is -0.379 e. The van der Waals surface area contributed by atoms with Crippen molar-refractivity contribution in [1.29, 1.82) is 0 Å². The van der Waals surface area contributed by atoms with Crippen molar-refractivity contribution in [2.45, 2.75) is 52.0 Å². The maximum absolute atomic E-state index is 4.64. The quantitative estimate of drug-likeness (QED) is 0.904. The number of pyridine rings is 1. The lowest BCUT2D eigenvalue weighted by atomic mass is 9.78. The van der Waals surface area contributed by atoms with Gasteiger partial charge in [-0.3, -0.25) is 0 Å². The zero-order valence-corrected chi connectivity index (χ0v) is 12.8. The van der Waals surface area contributed by atoms with E-state index in [0.29, 0.717) is 6.04 Å². The third kappa shape index (κ3) is 2.77. The van der Waals surface area contributed by atoms with Gasteiger partial charge in [0.05, 0.1) is 5.69 Å². The van der Waals surface area contributed by atoms with Gasteiger partial charge < -0.3 is 10.2 Å². The highest BCUT2D eigenvalue weighted by Crippen LogP contribution is 2.34. The zero-order chi connectivity index (χ0) is 13.9. The van der Waals surface area contributed by atoms with Crippen molar-refractivity contribution in [2.75, 3.05) is 23.3 Å². The smallest absolute Gasteiger partial charge is 0.151 e. The Morgan fingerprint density at radius 1 is 1.10 bits per heavy atom. The van der Waals surface area contributed by atoms with Crippen molar-refractivity contribution >= 4 is 11.5 Å². The Bertz CT molecular complexity index is 430. The SMILES string of the molecule is CC1CCCC(C)C1Nc1cccnc1N1CCCC1. The number of hydrogen-bond acceptors (Lipinski definition) is 3. The van der Waals surface area contributed by atoms with Crippen LogP contribution in [0.3, 0.4) is 0 Å². The average Bonchev–Trinajstić information content (AvgIpc) is 2.97. The standard InChI is InChI=1S/C17H27N3/c1-13-7-5-8-14(2)16(13)19-15-9-6-10-18-17(15)20-11-3-4-12-20/h6,9-10,13-14,16,19H,3-5,7-8,11-12H2,1-2H3. The Hall–Kier alpha value is -1.25. The number of anilines is 2. The molecule has 3 rings (SSSR count). The molecule has 2 unspecified atom stereocenters. The fraction of sp³-hybridized carbons (Fsp3) is 0.706. The maximum atomic E-state index is 4.64. The van der Waals surface area contributed by atoms with Crippen molar-refractivity contribution in [3.63, 3.8) is 0 Å². The molecule has 1 N–H and O–H groups in total. The highest BCUT2D eigenvalue weighted by molar-refractivity contribution is 5.66. The Balaban J connectivity index is 1.79. The molecular weight excluding hydrogens is 246 g/mol. The highest BCUT2D eigenvalue weighted by atomic mass is 15.2. The summed E-state index contributed by atoms with van der Waals surface area (Å²) in [6.45, 7) is 7.08. The predicted octanol–water partition coefficient (Wildman–Crippen LogP) is 3.92. The largest absolute Gasteiger partial charge is 0.379 e. The van der Waals surface area contributed by atoms with Gasteiger partial charge in [-0.15, -0.1) is 0 Å². The van der Waals surface area contributed by atoms with E-state index in [0.717, 1.165) is 30.7 Å². The lowest BCUT2D eigenvalue weighted by Crippen LogP contribution is -2.37. The first-order valence-electron chi connectivity index (χ1n) is 8.22. The molecule has 2 fully saturated rings. The lowest BCUT2D eigenvalue weighted by Gasteiger charge is -2.36. The predicted molar refractivity (Wildman–Crippen MR) is 85.3 cm³/mol. The molecule has 1 aromatic heterocycles. The fourth-order valence-electron chi connectivity index (χ4n) is 3.84. The first-order chi connectivity index (χ1) is 9.75. The molecule has 20 heavy (non-hydrogen) atoms. The zero-order valence-electron chi connectivity index (χ0n) is 12.8. The van der Waals surface area contributed by atoms with Crippen LogP contribution in [0, 0.1) is 11.8 Å². The summed E-state index contributed by atoms with van der Waals surface area (Å²) in [5.74, 6) is 2.67. The van der Waals surface area contributed by atoms with Gasteiger partial charge in [0.15, 0.2) is 5.82 Å². The second-order valence-electron chi connectivity index (χ2n) is 6.62. The highest BCUT2D eigenvalue weighted by Gasteiger charge is 2.28. The number of nitrogens with one attached hydrogen (secondary N) is 1. The topological polar surface area (TPSA) is 28.2 Å². The molecule has 0 spiro atoms. The third-order valence-electron chi connectivity index (χ3n) is 5.06. The van der Waals surface area contributed by atoms with Crippen LogP contribution in [-0.2, 0) is 0 Å². The molecule has 1 aromatic rings. The molecule has 1 saturated heterocycles. The molecule has 1 aliphatic carbocycles. The number of nitrogens with zero attached hydrogens (tertiary/aromatic N) is 2. The summed E-state index contributed by atoms with van der Waals surface area (Å²) >= 11 is 0. The van der Waals surface area contributed by atoms with Crippen LogP contribution in [-0.4, -0.2) is 24.1 Å². The van der Waals surface area contributed by atoms with Gasteiger partial charge in [-0.25, -0.2) is 4.98 Å². The molecule has 1 aliphatic heterocycles. The summed E-state index contributed by atoms with van der Waals surface area (Å²) in [4.78, 5) is 7.07. The summed E-state index contributed by atoms with van der Waals surface area (Å²) in [7, 11) is 0. The van der Waals surface area contributed by atoms with Crippen molar-refractivity contribution in [2.24, 2.45) is 11.8 Å². The molecule has 3 heteroatoms. The van der Waals surface area contributed by atoms with Crippen LogP contribution in [0.2, 0.25) is 0 Å². The van der Waals surface area contributed by atoms with Gasteiger partial charge in [-0.05, 0) is 49.7 Å². The van der Waals surface area contributed by atoms with E-state index >= 15 is 0 Å². The molecule has 0 radical (unpaired) electrons. The first kappa shape index (κ1) is 13.7. The van der Waals surface area contributed by atoms with Crippen LogP contribution in [0.1, 0.15) is 46.0 Å². The van der Waals surface area contributed by atoms with E-state index in [-0.39, 0.29) is 0 Å². The summed E-state index contributed by atoms with van der Waals surface area (Å²) in [5, 5.41) is 3.82. The van der Waals surface area contributed by atoms with E-state index in [4.69, 9.17) is 0 Å². The van der Waals surface area contributed by atoms with Gasteiger partial charge in [-0.1, -0.05) is 20.3 Å². The van der Waals surface area contributed by atoms with E-state index in [1.165, 1.54) is 37.8 Å². The van der Waals surface area contributed by atoms with Crippen molar-refractivity contribution < 1.29 is 0 Å². The lowest BCUT2D eigenvalue weighted by molar-refractivity contribution is 0.268. The molecule has 0 bridgehead atoms. The molecule has 110 valence electrons. The number of aromatic nitrogens is 1. The summed E-state index contributed by atoms with van der Waals surface area (Å²) in [6, 6.07) is 4.85. The van der Waals surface area contributed by atoms with E-state index in [1.54, 1.807) is 0 Å². The first-order valence-corrected chi connectivity index (χ1v) is 8.22. The Morgan fingerprint density at radius 2 is 1.80 bits per heavy atom. The van der Waals surface area contributed by atoms with E-state index in [9.17, 15) is 0 Å². The minimum absolute atomic E-state index is 0.592. The third-order valence-corrected chi connectivity index (χ3v) is 5.06. The Morgan fingerprint density at radius 3 is 2.50 bits per heavy atom. The molecule has 2 atom stereocenters.